The van der Waals surface area contributed by atoms with Crippen molar-refractivity contribution in [2.45, 2.75) is 26.1 Å². The van der Waals surface area contributed by atoms with E-state index in [1.54, 1.807) is 18.3 Å². The van der Waals surface area contributed by atoms with Crippen molar-refractivity contribution >= 4 is 23.3 Å². The largest absolute Gasteiger partial charge is 0.418 e. The maximum atomic E-state index is 13.0. The van der Waals surface area contributed by atoms with E-state index in [2.05, 4.69) is 15.6 Å². The van der Waals surface area contributed by atoms with Crippen LogP contribution in [-0.2, 0) is 15.8 Å². The Morgan fingerprint density at radius 3 is 2.43 bits per heavy atom. The molecule has 6 nitrogen and oxygen atoms in total. The molecule has 9 heteroatoms. The number of anilines is 2. The maximum Gasteiger partial charge on any atom is 0.418 e. The zero-order chi connectivity index (χ0) is 20.9. The normalized spacial score (nSPS) is 12.5. The van der Waals surface area contributed by atoms with Gasteiger partial charge in [-0.15, -0.1) is 0 Å². The fourth-order valence-electron chi connectivity index (χ4n) is 2.36. The number of aryl methyl sites for hydroxylation is 1. The van der Waals surface area contributed by atoms with Crippen LogP contribution >= 0.6 is 0 Å². The van der Waals surface area contributed by atoms with Gasteiger partial charge < -0.3 is 10.6 Å². The lowest BCUT2D eigenvalue weighted by molar-refractivity contribution is -0.137. The molecule has 0 saturated carbocycles. The number of para-hydroxylation sites is 1. The second-order valence-corrected chi connectivity index (χ2v) is 6.39. The summed E-state index contributed by atoms with van der Waals surface area (Å²) in [5.74, 6) is -0.671. The third-order valence-corrected chi connectivity index (χ3v) is 4.10. The molecule has 1 unspecified atom stereocenters. The number of carbonyl (C=O) groups excluding carboxylic acids is 2. The molecule has 2 amide bonds. The van der Waals surface area contributed by atoms with Gasteiger partial charge in [0.25, 0.3) is 0 Å². The van der Waals surface area contributed by atoms with Crippen molar-refractivity contribution < 1.29 is 22.8 Å². The highest BCUT2D eigenvalue weighted by atomic mass is 19.4. The molecule has 0 radical (unpaired) electrons. The van der Waals surface area contributed by atoms with Crippen molar-refractivity contribution in [2.75, 3.05) is 24.2 Å². The van der Waals surface area contributed by atoms with Crippen LogP contribution in [0.3, 0.4) is 0 Å². The van der Waals surface area contributed by atoms with Crippen LogP contribution < -0.4 is 10.6 Å². The number of amides is 2. The van der Waals surface area contributed by atoms with Crippen LogP contribution in [0.1, 0.15) is 18.1 Å². The first-order valence-corrected chi connectivity index (χ1v) is 8.47. The molecule has 2 aromatic rings. The molecule has 28 heavy (non-hydrogen) atoms. The quantitative estimate of drug-likeness (QED) is 0.788. The van der Waals surface area contributed by atoms with Gasteiger partial charge in [-0.3, -0.25) is 14.5 Å². The lowest BCUT2D eigenvalue weighted by atomic mass is 10.1. The molecule has 0 saturated heterocycles. The summed E-state index contributed by atoms with van der Waals surface area (Å²) in [5.41, 5.74) is -0.311. The highest BCUT2D eigenvalue weighted by molar-refractivity contribution is 5.96. The number of halogens is 3. The van der Waals surface area contributed by atoms with E-state index >= 15 is 0 Å². The topological polar surface area (TPSA) is 74.3 Å². The van der Waals surface area contributed by atoms with Crippen molar-refractivity contribution in [3.8, 4) is 0 Å². The Balaban J connectivity index is 1.97. The molecule has 0 aliphatic heterocycles. The van der Waals surface area contributed by atoms with Crippen LogP contribution in [0.25, 0.3) is 0 Å². The van der Waals surface area contributed by atoms with Crippen LogP contribution in [0, 0.1) is 6.92 Å². The van der Waals surface area contributed by atoms with E-state index in [-0.39, 0.29) is 12.2 Å². The molecule has 2 N–H and O–H groups in total. The zero-order valence-corrected chi connectivity index (χ0v) is 15.7. The number of hydrogen-bond donors (Lipinski definition) is 2. The van der Waals surface area contributed by atoms with Gasteiger partial charge in [-0.2, -0.15) is 13.2 Å². The van der Waals surface area contributed by atoms with E-state index in [1.807, 2.05) is 6.92 Å². The van der Waals surface area contributed by atoms with Crippen molar-refractivity contribution in [3.05, 3.63) is 53.7 Å². The highest BCUT2D eigenvalue weighted by Gasteiger charge is 2.34. The minimum atomic E-state index is -4.58. The number of carbonyl (C=O) groups is 2. The SMILES string of the molecule is Cc1ccc(NC(=O)CN(C)C(C)C(=O)Nc2ccccc2C(F)(F)F)nc1. The summed E-state index contributed by atoms with van der Waals surface area (Å²) >= 11 is 0. The Morgan fingerprint density at radius 2 is 1.82 bits per heavy atom. The number of alkyl halides is 3. The van der Waals surface area contributed by atoms with Gasteiger partial charge in [-0.25, -0.2) is 4.98 Å². The van der Waals surface area contributed by atoms with Gasteiger partial charge in [-0.1, -0.05) is 18.2 Å². The number of aromatic nitrogens is 1. The van der Waals surface area contributed by atoms with Gasteiger partial charge in [0.15, 0.2) is 0 Å². The number of nitrogens with zero attached hydrogens (tertiary/aromatic N) is 2. The Bertz CT molecular complexity index is 838. The lowest BCUT2D eigenvalue weighted by Gasteiger charge is -2.24. The third-order valence-electron chi connectivity index (χ3n) is 4.10. The van der Waals surface area contributed by atoms with Crippen molar-refractivity contribution in [2.24, 2.45) is 0 Å². The second kappa shape index (κ2) is 8.83. The van der Waals surface area contributed by atoms with Crippen molar-refractivity contribution in [1.82, 2.24) is 9.88 Å². The molecule has 0 aliphatic rings. The van der Waals surface area contributed by atoms with Gasteiger partial charge >= 0.3 is 6.18 Å². The first-order chi connectivity index (χ1) is 13.1. The number of hydrogen-bond acceptors (Lipinski definition) is 4. The molecule has 0 fully saturated rings. The zero-order valence-electron chi connectivity index (χ0n) is 15.7. The van der Waals surface area contributed by atoms with E-state index in [4.69, 9.17) is 0 Å². The number of nitrogens with one attached hydrogen (secondary N) is 2. The van der Waals surface area contributed by atoms with Crippen LogP contribution in [0.2, 0.25) is 0 Å². The molecule has 1 atom stereocenters. The predicted octanol–water partition coefficient (Wildman–Crippen LogP) is 3.31. The molecule has 0 aliphatic carbocycles. The molecule has 1 aromatic carbocycles. The molecule has 0 bridgehead atoms. The summed E-state index contributed by atoms with van der Waals surface area (Å²) in [5, 5.41) is 4.88. The number of pyridine rings is 1. The molecule has 2 rings (SSSR count). The Morgan fingerprint density at radius 1 is 1.14 bits per heavy atom. The summed E-state index contributed by atoms with van der Waals surface area (Å²) in [7, 11) is 1.53. The predicted molar refractivity (Wildman–Crippen MR) is 99.8 cm³/mol. The number of rotatable bonds is 6. The molecule has 1 heterocycles. The molecule has 1 aromatic heterocycles. The van der Waals surface area contributed by atoms with Crippen LogP contribution in [0.5, 0.6) is 0 Å². The summed E-state index contributed by atoms with van der Waals surface area (Å²) in [6.45, 7) is 3.23. The monoisotopic (exact) mass is 394 g/mol. The number of benzene rings is 1. The van der Waals surface area contributed by atoms with Gasteiger partial charge in [0.1, 0.15) is 5.82 Å². The summed E-state index contributed by atoms with van der Waals surface area (Å²) in [6.07, 6.45) is -2.98. The van der Waals surface area contributed by atoms with Gasteiger partial charge in [0, 0.05) is 6.20 Å². The van der Waals surface area contributed by atoms with Gasteiger partial charge in [0.2, 0.25) is 11.8 Å². The minimum Gasteiger partial charge on any atom is -0.324 e. The first-order valence-electron chi connectivity index (χ1n) is 8.47. The average Bonchev–Trinajstić information content (AvgIpc) is 2.62. The Kier molecular flexibility index (Phi) is 6.74. The van der Waals surface area contributed by atoms with E-state index in [0.29, 0.717) is 5.82 Å². The molecular formula is C19H21F3N4O2. The summed E-state index contributed by atoms with van der Waals surface area (Å²) < 4.78 is 39.1. The van der Waals surface area contributed by atoms with E-state index in [1.165, 1.54) is 37.1 Å². The lowest BCUT2D eigenvalue weighted by Crippen LogP contribution is -2.43. The molecule has 150 valence electrons. The Hall–Kier alpha value is -2.94. The maximum absolute atomic E-state index is 13.0. The van der Waals surface area contributed by atoms with Crippen LogP contribution in [0.15, 0.2) is 42.6 Å². The van der Waals surface area contributed by atoms with Crippen molar-refractivity contribution in [1.29, 1.82) is 0 Å². The minimum absolute atomic E-state index is 0.134. The van der Waals surface area contributed by atoms with E-state index in [0.717, 1.165) is 11.6 Å². The van der Waals surface area contributed by atoms with Crippen LogP contribution in [-0.4, -0.2) is 41.3 Å². The smallest absolute Gasteiger partial charge is 0.324 e. The fraction of sp³-hybridized carbons (Fsp3) is 0.316. The molecular weight excluding hydrogens is 373 g/mol. The summed E-state index contributed by atoms with van der Waals surface area (Å²) in [6, 6.07) is 7.34. The highest BCUT2D eigenvalue weighted by Crippen LogP contribution is 2.34. The van der Waals surface area contributed by atoms with E-state index in [9.17, 15) is 22.8 Å². The average molecular weight is 394 g/mol. The fourth-order valence-corrected chi connectivity index (χ4v) is 2.36. The number of likely N-dealkylation sites (N-methyl/N-ethyl adjacent to an activating group) is 1. The standard InChI is InChI=1S/C19H21F3N4O2/c1-12-8-9-16(23-10-12)25-17(27)11-26(3)13(2)18(28)24-15-7-5-4-6-14(15)19(20,21)22/h4-10,13H,11H2,1-3H3,(H,24,28)(H,23,25,27). The summed E-state index contributed by atoms with van der Waals surface area (Å²) in [4.78, 5) is 29.9. The second-order valence-electron chi connectivity index (χ2n) is 6.39. The first kappa shape index (κ1) is 21.4. The van der Waals surface area contributed by atoms with Gasteiger partial charge in [-0.05, 0) is 44.7 Å². The Labute approximate surface area is 160 Å². The van der Waals surface area contributed by atoms with Gasteiger partial charge in [0.05, 0.1) is 23.8 Å². The molecule has 0 spiro atoms. The van der Waals surface area contributed by atoms with Crippen LogP contribution in [0.4, 0.5) is 24.7 Å². The third kappa shape index (κ3) is 5.78. The van der Waals surface area contributed by atoms with Crippen molar-refractivity contribution in [3.63, 3.8) is 0 Å². The van der Waals surface area contributed by atoms with E-state index < -0.39 is 29.6 Å².